The number of methoxy groups -OCH3 is 1. The standard InChI is InChI=1S/C27H27FN4O2S/c1-18(2)16-29-26(33)21-10-6-8-19(14-21)17-35-27-31-30-25(20-9-7-11-22(15-20)34-3)32(27)24-13-5-4-12-23(24)28/h4-15,18H,16-17H2,1-3H3,(H,29,33). The number of para-hydroxylation sites is 1. The van der Waals surface area contributed by atoms with Gasteiger partial charge in [-0.1, -0.05) is 62.0 Å². The lowest BCUT2D eigenvalue weighted by Crippen LogP contribution is -2.27. The summed E-state index contributed by atoms with van der Waals surface area (Å²) < 4.78 is 21.9. The average Bonchev–Trinajstić information content (AvgIpc) is 3.30. The highest BCUT2D eigenvalue weighted by Gasteiger charge is 2.19. The molecule has 0 aliphatic heterocycles. The van der Waals surface area contributed by atoms with Gasteiger partial charge in [-0.3, -0.25) is 9.36 Å². The Morgan fingerprint density at radius 3 is 2.63 bits per heavy atom. The van der Waals surface area contributed by atoms with Crippen LogP contribution in [0.1, 0.15) is 29.8 Å². The highest BCUT2D eigenvalue weighted by molar-refractivity contribution is 7.98. The third-order valence-electron chi connectivity index (χ3n) is 5.28. The number of rotatable bonds is 9. The van der Waals surface area contributed by atoms with Crippen molar-refractivity contribution < 1.29 is 13.9 Å². The molecule has 180 valence electrons. The van der Waals surface area contributed by atoms with Crippen molar-refractivity contribution in [2.45, 2.75) is 24.8 Å². The minimum Gasteiger partial charge on any atom is -0.497 e. The zero-order valence-electron chi connectivity index (χ0n) is 19.9. The molecule has 1 N–H and O–H groups in total. The smallest absolute Gasteiger partial charge is 0.251 e. The number of ether oxygens (including phenoxy) is 1. The van der Waals surface area contributed by atoms with Gasteiger partial charge in [0.25, 0.3) is 5.91 Å². The van der Waals surface area contributed by atoms with Crippen LogP contribution in [0, 0.1) is 11.7 Å². The number of nitrogens with one attached hydrogen (secondary N) is 1. The van der Waals surface area contributed by atoms with Crippen LogP contribution in [0.3, 0.4) is 0 Å². The summed E-state index contributed by atoms with van der Waals surface area (Å²) in [6, 6.07) is 21.5. The van der Waals surface area contributed by atoms with Gasteiger partial charge in [-0.25, -0.2) is 4.39 Å². The van der Waals surface area contributed by atoms with Gasteiger partial charge >= 0.3 is 0 Å². The molecule has 0 fully saturated rings. The molecule has 1 amide bonds. The van der Waals surface area contributed by atoms with E-state index in [1.54, 1.807) is 35.9 Å². The Bertz CT molecular complexity index is 1320. The first-order valence-electron chi connectivity index (χ1n) is 11.3. The molecule has 0 saturated heterocycles. The molecule has 4 rings (SSSR count). The van der Waals surface area contributed by atoms with E-state index in [0.29, 0.717) is 46.2 Å². The van der Waals surface area contributed by atoms with E-state index < -0.39 is 0 Å². The van der Waals surface area contributed by atoms with Crippen LogP contribution in [0.2, 0.25) is 0 Å². The number of carbonyl (C=O) groups is 1. The number of thioether (sulfide) groups is 1. The minimum absolute atomic E-state index is 0.0969. The molecule has 0 unspecified atom stereocenters. The van der Waals surface area contributed by atoms with Crippen LogP contribution in [0.15, 0.2) is 78.0 Å². The maximum atomic E-state index is 14.9. The Kier molecular flexibility index (Phi) is 7.82. The molecule has 1 aromatic heterocycles. The molecule has 0 bridgehead atoms. The maximum absolute atomic E-state index is 14.9. The van der Waals surface area contributed by atoms with Crippen molar-refractivity contribution in [2.75, 3.05) is 13.7 Å². The Balaban J connectivity index is 1.64. The predicted molar refractivity (Wildman–Crippen MR) is 136 cm³/mol. The van der Waals surface area contributed by atoms with E-state index in [9.17, 15) is 9.18 Å². The maximum Gasteiger partial charge on any atom is 0.251 e. The van der Waals surface area contributed by atoms with Gasteiger partial charge in [0, 0.05) is 23.4 Å². The summed E-state index contributed by atoms with van der Waals surface area (Å²) in [6.45, 7) is 4.73. The van der Waals surface area contributed by atoms with E-state index in [4.69, 9.17) is 4.74 Å². The largest absolute Gasteiger partial charge is 0.497 e. The second kappa shape index (κ2) is 11.2. The lowest BCUT2D eigenvalue weighted by atomic mass is 10.1. The Morgan fingerprint density at radius 2 is 1.86 bits per heavy atom. The predicted octanol–water partition coefficient (Wildman–Crippen LogP) is 5.76. The van der Waals surface area contributed by atoms with Crippen LogP contribution < -0.4 is 10.1 Å². The molecule has 1 heterocycles. The van der Waals surface area contributed by atoms with Crippen LogP contribution in [0.25, 0.3) is 17.1 Å². The molecule has 8 heteroatoms. The van der Waals surface area contributed by atoms with Crippen LogP contribution in [-0.2, 0) is 5.75 Å². The summed E-state index contributed by atoms with van der Waals surface area (Å²) >= 11 is 1.43. The number of benzene rings is 3. The zero-order valence-corrected chi connectivity index (χ0v) is 20.7. The second-order valence-electron chi connectivity index (χ2n) is 8.42. The molecular weight excluding hydrogens is 463 g/mol. The van der Waals surface area contributed by atoms with Gasteiger partial charge in [-0.15, -0.1) is 10.2 Å². The molecule has 0 atom stereocenters. The van der Waals surface area contributed by atoms with E-state index in [1.807, 2.05) is 42.5 Å². The fourth-order valence-electron chi connectivity index (χ4n) is 3.51. The number of hydrogen-bond donors (Lipinski definition) is 1. The molecular formula is C27H27FN4O2S. The third kappa shape index (κ3) is 5.89. The summed E-state index contributed by atoms with van der Waals surface area (Å²) in [5, 5.41) is 12.2. The fourth-order valence-corrected chi connectivity index (χ4v) is 4.40. The van der Waals surface area contributed by atoms with Crippen molar-refractivity contribution in [3.63, 3.8) is 0 Å². The van der Waals surface area contributed by atoms with Crippen molar-refractivity contribution in [2.24, 2.45) is 5.92 Å². The van der Waals surface area contributed by atoms with Gasteiger partial charge in [0.1, 0.15) is 11.6 Å². The Hall–Kier alpha value is -3.65. The second-order valence-corrected chi connectivity index (χ2v) is 9.36. The quantitative estimate of drug-likeness (QED) is 0.302. The number of carbonyl (C=O) groups excluding carboxylic acids is 1. The van der Waals surface area contributed by atoms with E-state index in [-0.39, 0.29) is 11.7 Å². The highest BCUT2D eigenvalue weighted by Crippen LogP contribution is 2.32. The number of nitrogens with zero attached hydrogens (tertiary/aromatic N) is 3. The summed E-state index contributed by atoms with van der Waals surface area (Å²) in [5.74, 6) is 1.63. The third-order valence-corrected chi connectivity index (χ3v) is 6.28. The van der Waals surface area contributed by atoms with Gasteiger partial charge in [0.05, 0.1) is 12.8 Å². The van der Waals surface area contributed by atoms with Gasteiger partial charge in [-0.05, 0) is 47.9 Å². The summed E-state index contributed by atoms with van der Waals surface area (Å²) in [6.07, 6.45) is 0. The molecule has 0 saturated carbocycles. The minimum atomic E-state index is -0.373. The first-order valence-corrected chi connectivity index (χ1v) is 12.3. The normalized spacial score (nSPS) is 11.0. The monoisotopic (exact) mass is 490 g/mol. The molecule has 35 heavy (non-hydrogen) atoms. The topological polar surface area (TPSA) is 69.0 Å². The highest BCUT2D eigenvalue weighted by atomic mass is 32.2. The molecule has 6 nitrogen and oxygen atoms in total. The van der Waals surface area contributed by atoms with E-state index in [0.717, 1.165) is 11.1 Å². The van der Waals surface area contributed by atoms with Crippen molar-refractivity contribution in [1.82, 2.24) is 20.1 Å². The zero-order chi connectivity index (χ0) is 24.8. The SMILES string of the molecule is COc1cccc(-c2nnc(SCc3cccc(C(=O)NCC(C)C)c3)n2-c2ccccc2F)c1. The van der Waals surface area contributed by atoms with E-state index in [1.165, 1.54) is 17.8 Å². The average molecular weight is 491 g/mol. The van der Waals surface area contributed by atoms with Gasteiger partial charge in [0.15, 0.2) is 11.0 Å². The van der Waals surface area contributed by atoms with Crippen molar-refractivity contribution in [3.8, 4) is 22.8 Å². The molecule has 3 aromatic carbocycles. The number of amides is 1. The summed E-state index contributed by atoms with van der Waals surface area (Å²) in [7, 11) is 1.60. The number of halogens is 1. The Labute approximate surface area is 208 Å². The van der Waals surface area contributed by atoms with Crippen LogP contribution >= 0.6 is 11.8 Å². The summed E-state index contributed by atoms with van der Waals surface area (Å²) in [4.78, 5) is 12.5. The first-order chi connectivity index (χ1) is 17.0. The van der Waals surface area contributed by atoms with Crippen molar-refractivity contribution >= 4 is 17.7 Å². The first kappa shape index (κ1) is 24.5. The molecule has 4 aromatic rings. The van der Waals surface area contributed by atoms with Gasteiger partial charge in [-0.2, -0.15) is 0 Å². The number of hydrogen-bond acceptors (Lipinski definition) is 5. The Morgan fingerprint density at radius 1 is 1.06 bits per heavy atom. The van der Waals surface area contributed by atoms with Crippen molar-refractivity contribution in [1.29, 1.82) is 0 Å². The van der Waals surface area contributed by atoms with Gasteiger partial charge in [0.2, 0.25) is 0 Å². The molecule has 0 spiro atoms. The lowest BCUT2D eigenvalue weighted by Gasteiger charge is -2.12. The van der Waals surface area contributed by atoms with E-state index >= 15 is 0 Å². The lowest BCUT2D eigenvalue weighted by molar-refractivity contribution is 0.0949. The molecule has 0 aliphatic rings. The van der Waals surface area contributed by atoms with Gasteiger partial charge < -0.3 is 10.1 Å². The van der Waals surface area contributed by atoms with Crippen molar-refractivity contribution in [3.05, 3.63) is 89.7 Å². The van der Waals surface area contributed by atoms with Crippen LogP contribution in [-0.4, -0.2) is 34.3 Å². The van der Waals surface area contributed by atoms with Crippen LogP contribution in [0.4, 0.5) is 4.39 Å². The summed E-state index contributed by atoms with van der Waals surface area (Å²) in [5.41, 5.74) is 2.69. The molecule has 0 radical (unpaired) electrons. The van der Waals surface area contributed by atoms with E-state index in [2.05, 4.69) is 29.4 Å². The fraction of sp³-hybridized carbons (Fsp3) is 0.222. The number of aromatic nitrogens is 3. The molecule has 0 aliphatic carbocycles. The van der Waals surface area contributed by atoms with Crippen LogP contribution in [0.5, 0.6) is 5.75 Å².